The molecule has 3 nitrogen and oxygen atoms in total. The Bertz CT molecular complexity index is 781. The Labute approximate surface area is 225 Å². The fourth-order valence-corrected chi connectivity index (χ4v) is 4.44. The van der Waals surface area contributed by atoms with E-state index in [2.05, 4.69) is 6.92 Å². The topological polar surface area (TPSA) is 52.3 Å². The Morgan fingerprint density at radius 3 is 1.69 bits per heavy atom. The lowest BCUT2D eigenvalue weighted by Gasteiger charge is -2.17. The molecule has 0 aromatic heterocycles. The molecule has 0 aliphatic carbocycles. The summed E-state index contributed by atoms with van der Waals surface area (Å²) in [5, 5.41) is 0. The van der Waals surface area contributed by atoms with Crippen molar-refractivity contribution in [2.45, 2.75) is 116 Å². The van der Waals surface area contributed by atoms with E-state index < -0.39 is 0 Å². The van der Waals surface area contributed by atoms with Gasteiger partial charge in [0, 0.05) is 5.56 Å². The van der Waals surface area contributed by atoms with Crippen molar-refractivity contribution in [2.75, 3.05) is 0 Å². The van der Waals surface area contributed by atoms with Gasteiger partial charge < -0.3 is 4.74 Å². The van der Waals surface area contributed by atoms with Gasteiger partial charge in [-0.1, -0.05) is 139 Å². The van der Waals surface area contributed by atoms with Gasteiger partial charge in [0.2, 0.25) is 0 Å². The third kappa shape index (κ3) is 13.9. The third-order valence-corrected chi connectivity index (χ3v) is 6.54. The molecule has 0 amide bonds. The summed E-state index contributed by atoms with van der Waals surface area (Å²) in [5.41, 5.74) is 7.47. The number of hydrogen-bond acceptors (Lipinski definition) is 3. The summed E-state index contributed by atoms with van der Waals surface area (Å²) in [6, 6.07) is 16.7. The van der Waals surface area contributed by atoms with Crippen molar-refractivity contribution in [3.05, 3.63) is 65.7 Å². The van der Waals surface area contributed by atoms with Crippen LogP contribution in [-0.4, -0.2) is 12.0 Å². The number of carbonyl (C=O) groups is 1. The number of unbranched alkanes of at least 4 members (excludes halogenated alkanes) is 14. The molecular weight excluding hydrogens is 498 g/mol. The average molecular weight is 547 g/mol. The lowest BCUT2D eigenvalue weighted by molar-refractivity contribution is 0.103. The molecule has 0 radical (unpaired) electrons. The fraction of sp³-hybridized carbons (Fsp3) is 0.581. The van der Waals surface area contributed by atoms with Gasteiger partial charge in [0.25, 0.3) is 0 Å². The van der Waals surface area contributed by atoms with Gasteiger partial charge in [-0.25, -0.2) is 0 Å². The van der Waals surface area contributed by atoms with Crippen molar-refractivity contribution in [1.82, 2.24) is 0 Å². The van der Waals surface area contributed by atoms with E-state index in [0.717, 1.165) is 12.8 Å². The minimum absolute atomic E-state index is 0. The number of ether oxygens (including phenoxy) is 1. The molecule has 1 unspecified atom stereocenters. The van der Waals surface area contributed by atoms with Gasteiger partial charge in [-0.05, 0) is 25.0 Å². The second-order valence-electron chi connectivity index (χ2n) is 9.59. The molecule has 2 aromatic carbocycles. The van der Waals surface area contributed by atoms with Crippen molar-refractivity contribution in [2.24, 2.45) is 5.73 Å². The quantitative estimate of drug-likeness (QED) is 0.102. The zero-order valence-corrected chi connectivity index (χ0v) is 23.6. The van der Waals surface area contributed by atoms with Crippen LogP contribution in [-0.2, 0) is 0 Å². The van der Waals surface area contributed by atoms with Gasteiger partial charge in [0.15, 0.2) is 5.78 Å². The summed E-state index contributed by atoms with van der Waals surface area (Å²) in [4.78, 5) is 12.8. The Morgan fingerprint density at radius 1 is 0.686 bits per heavy atom. The van der Waals surface area contributed by atoms with Crippen LogP contribution in [0.5, 0.6) is 5.75 Å². The second kappa shape index (κ2) is 20.5. The minimum Gasteiger partial charge on any atom is -0.475 e. The van der Waals surface area contributed by atoms with Crippen LogP contribution < -0.4 is 10.5 Å². The normalized spacial score (nSPS) is 11.6. The first kappa shape index (κ1) is 31.4. The molecule has 2 N–H and O–H groups in total. The van der Waals surface area contributed by atoms with Gasteiger partial charge in [-0.15, -0.1) is 17.0 Å². The van der Waals surface area contributed by atoms with E-state index >= 15 is 0 Å². The maximum absolute atomic E-state index is 12.8. The van der Waals surface area contributed by atoms with Crippen LogP contribution in [0.1, 0.15) is 126 Å². The highest BCUT2D eigenvalue weighted by atomic mass is 79.9. The zero-order chi connectivity index (χ0) is 24.3. The van der Waals surface area contributed by atoms with Gasteiger partial charge in [-0.3, -0.25) is 10.5 Å². The van der Waals surface area contributed by atoms with Crippen molar-refractivity contribution in [3.63, 3.8) is 0 Å². The van der Waals surface area contributed by atoms with Crippen molar-refractivity contribution < 1.29 is 9.53 Å². The lowest BCUT2D eigenvalue weighted by Crippen LogP contribution is -2.27. The standard InChI is InChI=1S/C31H47NO2.BrH/c1-2-3-4-5-6-7-8-9-10-11-12-13-14-15-19-26-30(32)34-29-25-21-20-24-28(29)31(33)27-22-17-16-18-23-27;/h16-18,20-25,30H,2-15,19,26,32H2,1H3;1H. The SMILES string of the molecule is Br.CCCCCCCCCCCCCCCCCC(N)Oc1ccccc1C(=O)c1ccccc1. The van der Waals surface area contributed by atoms with E-state index in [4.69, 9.17) is 10.5 Å². The van der Waals surface area contributed by atoms with Crippen LogP contribution in [0.3, 0.4) is 0 Å². The van der Waals surface area contributed by atoms with Crippen LogP contribution in [0.2, 0.25) is 0 Å². The van der Waals surface area contributed by atoms with Gasteiger partial charge in [0.05, 0.1) is 5.56 Å². The highest BCUT2D eigenvalue weighted by Crippen LogP contribution is 2.23. The molecule has 0 aliphatic heterocycles. The molecule has 0 aliphatic rings. The molecule has 0 saturated heterocycles. The summed E-state index contributed by atoms with van der Waals surface area (Å²) >= 11 is 0. The van der Waals surface area contributed by atoms with Crippen LogP contribution in [0.4, 0.5) is 0 Å². The molecule has 35 heavy (non-hydrogen) atoms. The average Bonchev–Trinajstić information content (AvgIpc) is 2.87. The van der Waals surface area contributed by atoms with E-state index in [1.807, 2.05) is 54.6 Å². The van der Waals surface area contributed by atoms with E-state index in [0.29, 0.717) is 16.9 Å². The molecule has 0 saturated carbocycles. The molecule has 2 rings (SSSR count). The Kier molecular flexibility index (Phi) is 18.4. The van der Waals surface area contributed by atoms with Crippen molar-refractivity contribution >= 4 is 22.8 Å². The summed E-state index contributed by atoms with van der Waals surface area (Å²) in [5.74, 6) is 0.542. The van der Waals surface area contributed by atoms with E-state index in [1.54, 1.807) is 0 Å². The third-order valence-electron chi connectivity index (χ3n) is 6.54. The molecule has 0 fully saturated rings. The van der Waals surface area contributed by atoms with E-state index in [9.17, 15) is 4.79 Å². The first-order valence-electron chi connectivity index (χ1n) is 13.8. The first-order valence-corrected chi connectivity index (χ1v) is 13.8. The van der Waals surface area contributed by atoms with E-state index in [1.165, 1.54) is 89.9 Å². The van der Waals surface area contributed by atoms with Gasteiger partial charge in [0.1, 0.15) is 12.0 Å². The highest BCUT2D eigenvalue weighted by molar-refractivity contribution is 8.93. The fourth-order valence-electron chi connectivity index (χ4n) is 4.44. The molecule has 2 aromatic rings. The van der Waals surface area contributed by atoms with Crippen LogP contribution in [0.15, 0.2) is 54.6 Å². The maximum atomic E-state index is 12.8. The largest absolute Gasteiger partial charge is 0.475 e. The number of benzene rings is 2. The second-order valence-corrected chi connectivity index (χ2v) is 9.59. The minimum atomic E-state index is -0.383. The summed E-state index contributed by atoms with van der Waals surface area (Å²) in [7, 11) is 0. The number of para-hydroxylation sites is 1. The predicted molar refractivity (Wildman–Crippen MR) is 155 cm³/mol. The summed E-state index contributed by atoms with van der Waals surface area (Å²) in [6.45, 7) is 2.28. The van der Waals surface area contributed by atoms with Crippen LogP contribution in [0, 0.1) is 0 Å². The summed E-state index contributed by atoms with van der Waals surface area (Å²) in [6.07, 6.45) is 20.7. The number of carbonyl (C=O) groups excluding carboxylic acids is 1. The van der Waals surface area contributed by atoms with Crippen molar-refractivity contribution in [1.29, 1.82) is 0 Å². The Morgan fingerprint density at radius 2 is 1.14 bits per heavy atom. The first-order chi connectivity index (χ1) is 16.7. The Hall–Kier alpha value is -1.65. The van der Waals surface area contributed by atoms with Gasteiger partial charge in [-0.2, -0.15) is 0 Å². The van der Waals surface area contributed by atoms with Crippen LogP contribution >= 0.6 is 17.0 Å². The number of nitrogens with two attached hydrogens (primary N) is 1. The smallest absolute Gasteiger partial charge is 0.196 e. The predicted octanol–water partition coefficient (Wildman–Crippen LogP) is 9.42. The molecule has 0 spiro atoms. The number of halogens is 1. The number of ketones is 1. The molecule has 4 heteroatoms. The number of rotatable bonds is 20. The molecule has 0 heterocycles. The molecular formula is C31H48BrNO2. The molecule has 196 valence electrons. The molecule has 0 bridgehead atoms. The zero-order valence-electron chi connectivity index (χ0n) is 21.9. The maximum Gasteiger partial charge on any atom is 0.196 e. The molecule has 1 atom stereocenters. The van der Waals surface area contributed by atoms with Crippen LogP contribution in [0.25, 0.3) is 0 Å². The highest BCUT2D eigenvalue weighted by Gasteiger charge is 2.16. The lowest BCUT2D eigenvalue weighted by atomic mass is 10.0. The number of hydrogen-bond donors (Lipinski definition) is 1. The monoisotopic (exact) mass is 545 g/mol. The van der Waals surface area contributed by atoms with Crippen molar-refractivity contribution in [3.8, 4) is 5.75 Å². The van der Waals surface area contributed by atoms with E-state index in [-0.39, 0.29) is 29.0 Å². The Balaban J connectivity index is 0.00000612. The summed E-state index contributed by atoms with van der Waals surface area (Å²) < 4.78 is 5.96. The van der Waals surface area contributed by atoms with Gasteiger partial charge >= 0.3 is 0 Å².